The lowest BCUT2D eigenvalue weighted by atomic mass is 10.1. The minimum Gasteiger partial charge on any atom is -0.321 e. The molecule has 1 aromatic carbocycles. The van der Waals surface area contributed by atoms with E-state index in [1.54, 1.807) is 0 Å². The Hall–Kier alpha value is -1.97. The van der Waals surface area contributed by atoms with E-state index < -0.39 is 11.4 Å². The second kappa shape index (κ2) is 3.31. The number of pyridine rings is 1. The van der Waals surface area contributed by atoms with Gasteiger partial charge in [0.15, 0.2) is 5.78 Å². The molecule has 0 radical (unpaired) electrons. The zero-order valence-electron chi connectivity index (χ0n) is 8.00. The van der Waals surface area contributed by atoms with E-state index in [2.05, 4.69) is 4.98 Å². The first-order valence-corrected chi connectivity index (χ1v) is 4.41. The average molecular weight is 205 g/mol. The molecule has 0 aliphatic heterocycles. The third-order valence-corrected chi connectivity index (χ3v) is 2.19. The van der Waals surface area contributed by atoms with Crippen molar-refractivity contribution in [2.24, 2.45) is 0 Å². The lowest BCUT2D eigenvalue weighted by Crippen LogP contribution is -2.15. The number of halogens is 1. The second-order valence-electron chi connectivity index (χ2n) is 3.30. The molecule has 0 atom stereocenters. The number of carbonyl (C=O) groups excluding carboxylic acids is 1. The van der Waals surface area contributed by atoms with Crippen molar-refractivity contribution in [2.75, 3.05) is 0 Å². The molecular formula is C11H8FNO2. The lowest BCUT2D eigenvalue weighted by Gasteiger charge is -2.00. The van der Waals surface area contributed by atoms with Crippen LogP contribution in [-0.2, 0) is 0 Å². The maximum atomic E-state index is 12.8. The molecular weight excluding hydrogens is 197 g/mol. The first kappa shape index (κ1) is 9.58. The van der Waals surface area contributed by atoms with Crippen LogP contribution >= 0.6 is 0 Å². The van der Waals surface area contributed by atoms with Gasteiger partial charge in [0.1, 0.15) is 5.82 Å². The smallest absolute Gasteiger partial charge is 0.259 e. The molecule has 1 aromatic heterocycles. The fourth-order valence-corrected chi connectivity index (χ4v) is 1.43. The van der Waals surface area contributed by atoms with Crippen LogP contribution in [0.5, 0.6) is 0 Å². The van der Waals surface area contributed by atoms with Crippen molar-refractivity contribution >= 4 is 16.7 Å². The van der Waals surface area contributed by atoms with Crippen LogP contribution < -0.4 is 5.56 Å². The molecule has 15 heavy (non-hydrogen) atoms. The van der Waals surface area contributed by atoms with E-state index in [1.165, 1.54) is 31.2 Å². The summed E-state index contributed by atoms with van der Waals surface area (Å²) in [5, 5.41) is 0.640. The minimum absolute atomic E-state index is 0.0918. The van der Waals surface area contributed by atoms with Crippen LogP contribution in [0.2, 0.25) is 0 Å². The Kier molecular flexibility index (Phi) is 2.11. The van der Waals surface area contributed by atoms with E-state index in [-0.39, 0.29) is 11.3 Å². The standard InChI is InChI=1S/C11H8FNO2/c1-6(14)9-4-7-2-3-8(12)5-10(7)13-11(9)15/h2-5H,1H3,(H,13,15). The molecule has 0 saturated heterocycles. The molecule has 0 bridgehead atoms. The number of aromatic nitrogens is 1. The zero-order valence-corrected chi connectivity index (χ0v) is 8.00. The van der Waals surface area contributed by atoms with Crippen molar-refractivity contribution in [3.63, 3.8) is 0 Å². The van der Waals surface area contributed by atoms with E-state index in [1.807, 2.05) is 0 Å². The molecule has 0 unspecified atom stereocenters. The Morgan fingerprint density at radius 2 is 2.07 bits per heavy atom. The van der Waals surface area contributed by atoms with Crippen molar-refractivity contribution in [3.05, 3.63) is 46.0 Å². The van der Waals surface area contributed by atoms with Crippen LogP contribution in [0, 0.1) is 5.82 Å². The number of carbonyl (C=O) groups is 1. The van der Waals surface area contributed by atoms with Gasteiger partial charge in [0.25, 0.3) is 5.56 Å². The molecule has 0 spiro atoms. The summed E-state index contributed by atoms with van der Waals surface area (Å²) in [5.74, 6) is -0.726. The molecule has 0 fully saturated rings. The minimum atomic E-state index is -0.486. The van der Waals surface area contributed by atoms with Gasteiger partial charge >= 0.3 is 0 Å². The molecule has 2 aromatic rings. The number of benzene rings is 1. The van der Waals surface area contributed by atoms with Crippen molar-refractivity contribution in [1.29, 1.82) is 0 Å². The summed E-state index contributed by atoms with van der Waals surface area (Å²) in [7, 11) is 0. The van der Waals surface area contributed by atoms with Crippen molar-refractivity contribution in [1.82, 2.24) is 4.98 Å². The fraction of sp³-hybridized carbons (Fsp3) is 0.0909. The summed E-state index contributed by atoms with van der Waals surface area (Å²) in [5.41, 5.74) is -0.000270. The highest BCUT2D eigenvalue weighted by molar-refractivity contribution is 5.97. The summed E-state index contributed by atoms with van der Waals surface area (Å²) >= 11 is 0. The number of fused-ring (bicyclic) bond motifs is 1. The maximum absolute atomic E-state index is 12.8. The first-order chi connectivity index (χ1) is 7.08. The number of rotatable bonds is 1. The fourth-order valence-electron chi connectivity index (χ4n) is 1.43. The van der Waals surface area contributed by atoms with Crippen LogP contribution in [0.15, 0.2) is 29.1 Å². The SMILES string of the molecule is CC(=O)c1cc2ccc(F)cc2[nH]c1=O. The highest BCUT2D eigenvalue weighted by Gasteiger charge is 2.07. The predicted molar refractivity (Wildman–Crippen MR) is 54.5 cm³/mol. The van der Waals surface area contributed by atoms with Crippen LogP contribution in [0.25, 0.3) is 10.9 Å². The molecule has 0 aliphatic carbocycles. The molecule has 4 heteroatoms. The van der Waals surface area contributed by atoms with Crippen LogP contribution in [0.1, 0.15) is 17.3 Å². The molecule has 76 valence electrons. The molecule has 3 nitrogen and oxygen atoms in total. The van der Waals surface area contributed by atoms with E-state index >= 15 is 0 Å². The van der Waals surface area contributed by atoms with Crippen molar-refractivity contribution in [2.45, 2.75) is 6.92 Å². The number of nitrogens with one attached hydrogen (secondary N) is 1. The van der Waals surface area contributed by atoms with Crippen LogP contribution in [0.4, 0.5) is 4.39 Å². The van der Waals surface area contributed by atoms with E-state index in [0.717, 1.165) is 0 Å². The van der Waals surface area contributed by atoms with Gasteiger partial charge in [-0.25, -0.2) is 4.39 Å². The van der Waals surface area contributed by atoms with Gasteiger partial charge < -0.3 is 4.98 Å². The molecule has 1 heterocycles. The van der Waals surface area contributed by atoms with Crippen molar-refractivity contribution < 1.29 is 9.18 Å². The topological polar surface area (TPSA) is 49.9 Å². The summed E-state index contributed by atoms with van der Waals surface area (Å²) < 4.78 is 12.8. The highest BCUT2D eigenvalue weighted by Crippen LogP contribution is 2.12. The Morgan fingerprint density at radius 1 is 1.33 bits per heavy atom. The third-order valence-electron chi connectivity index (χ3n) is 2.19. The van der Waals surface area contributed by atoms with Gasteiger partial charge in [-0.1, -0.05) is 0 Å². The lowest BCUT2D eigenvalue weighted by molar-refractivity contribution is 0.101. The first-order valence-electron chi connectivity index (χ1n) is 4.41. The zero-order chi connectivity index (χ0) is 11.0. The van der Waals surface area contributed by atoms with E-state index in [0.29, 0.717) is 10.9 Å². The molecule has 0 amide bonds. The predicted octanol–water partition coefficient (Wildman–Crippen LogP) is 1.87. The quantitative estimate of drug-likeness (QED) is 0.722. The molecule has 0 aliphatic rings. The molecule has 0 saturated carbocycles. The number of Topliss-reactive ketones (excluding diaryl/α,β-unsaturated/α-hetero) is 1. The van der Waals surface area contributed by atoms with Gasteiger partial charge in [0.2, 0.25) is 0 Å². The van der Waals surface area contributed by atoms with Gasteiger partial charge in [0.05, 0.1) is 11.1 Å². The average Bonchev–Trinajstić information content (AvgIpc) is 2.15. The second-order valence-corrected chi connectivity index (χ2v) is 3.30. The number of H-pyrrole nitrogens is 1. The van der Waals surface area contributed by atoms with Gasteiger partial charge in [-0.15, -0.1) is 0 Å². The van der Waals surface area contributed by atoms with E-state index in [9.17, 15) is 14.0 Å². The van der Waals surface area contributed by atoms with Gasteiger partial charge in [0, 0.05) is 0 Å². The van der Waals surface area contributed by atoms with Crippen LogP contribution in [-0.4, -0.2) is 10.8 Å². The Bertz CT molecular complexity index is 601. The van der Waals surface area contributed by atoms with E-state index in [4.69, 9.17) is 0 Å². The van der Waals surface area contributed by atoms with Gasteiger partial charge in [-0.05, 0) is 36.6 Å². The summed E-state index contributed by atoms with van der Waals surface area (Å²) in [6.45, 7) is 1.32. The Labute approximate surface area is 84.6 Å². The summed E-state index contributed by atoms with van der Waals surface area (Å²) in [6.07, 6.45) is 0. The molecule has 2 rings (SSSR count). The number of hydrogen-bond acceptors (Lipinski definition) is 2. The summed E-state index contributed by atoms with van der Waals surface area (Å²) in [6, 6.07) is 5.49. The normalized spacial score (nSPS) is 10.5. The van der Waals surface area contributed by atoms with Crippen LogP contribution in [0.3, 0.4) is 0 Å². The summed E-state index contributed by atoms with van der Waals surface area (Å²) in [4.78, 5) is 24.9. The molecule has 1 N–H and O–H groups in total. The Balaban J connectivity index is 2.82. The third kappa shape index (κ3) is 1.66. The monoisotopic (exact) mass is 205 g/mol. The number of hydrogen-bond donors (Lipinski definition) is 1. The maximum Gasteiger partial charge on any atom is 0.259 e. The largest absolute Gasteiger partial charge is 0.321 e. The van der Waals surface area contributed by atoms with Gasteiger partial charge in [-0.2, -0.15) is 0 Å². The number of aromatic amines is 1. The highest BCUT2D eigenvalue weighted by atomic mass is 19.1. The van der Waals surface area contributed by atoms with Crippen molar-refractivity contribution in [3.8, 4) is 0 Å². The van der Waals surface area contributed by atoms with Gasteiger partial charge in [-0.3, -0.25) is 9.59 Å². The Morgan fingerprint density at radius 3 is 2.73 bits per heavy atom. The number of ketones is 1.